The lowest BCUT2D eigenvalue weighted by Crippen LogP contribution is -2.48. The number of sulfone groups is 1. The number of carbonyl (C=O) groups excluding carboxylic acids is 1. The molecule has 1 heterocycles. The molecule has 101 valence electrons. The summed E-state index contributed by atoms with van der Waals surface area (Å²) in [4.78, 5) is 9.19. The molecule has 1 aliphatic heterocycles. The molecule has 20 heavy (non-hydrogen) atoms. The molecule has 0 saturated carbocycles. The highest BCUT2D eigenvalue weighted by atomic mass is 32.2. The number of aryl methyl sites for hydroxylation is 1. The highest BCUT2D eigenvalue weighted by Crippen LogP contribution is 2.53. The van der Waals surface area contributed by atoms with E-state index in [0.717, 1.165) is 5.56 Å². The fourth-order valence-corrected chi connectivity index (χ4v) is 4.53. The number of hydrogen-bond donors (Lipinski definition) is 0. The molecular weight excluding hydrogens is 276 g/mol. The van der Waals surface area contributed by atoms with E-state index in [4.69, 9.17) is 4.74 Å². The van der Waals surface area contributed by atoms with Crippen LogP contribution in [0.4, 0.5) is 0 Å². The van der Waals surface area contributed by atoms with Crippen LogP contribution in [0, 0.1) is 6.92 Å². The lowest BCUT2D eigenvalue weighted by Gasteiger charge is -2.41. The predicted molar refractivity (Wildman–Crippen MR) is 72.4 cm³/mol. The molecule has 1 unspecified atom stereocenters. The Kier molecular flexibility index (Phi) is 2.69. The van der Waals surface area contributed by atoms with Gasteiger partial charge in [0.25, 0.3) is 4.93 Å². The standard InChI is InChI=1S/C15H11O4S/c1-11-7-8-14-13(9-11)15(19-10-16,20(14,17)18)12-5-3-2-4-6-12/h2-9H,1H3. The molecule has 1 atom stereocenters. The van der Waals surface area contributed by atoms with E-state index < -0.39 is 14.8 Å². The van der Waals surface area contributed by atoms with Gasteiger partial charge in [-0.3, -0.25) is 0 Å². The van der Waals surface area contributed by atoms with Gasteiger partial charge in [0.05, 0.1) is 4.90 Å². The van der Waals surface area contributed by atoms with Crippen molar-refractivity contribution >= 4 is 16.3 Å². The van der Waals surface area contributed by atoms with Crippen LogP contribution in [0.25, 0.3) is 0 Å². The third-order valence-electron chi connectivity index (χ3n) is 3.50. The van der Waals surface area contributed by atoms with Gasteiger partial charge in [-0.15, -0.1) is 0 Å². The average molecular weight is 287 g/mol. The Labute approximate surface area is 116 Å². The molecule has 3 rings (SSSR count). The van der Waals surface area contributed by atoms with Crippen molar-refractivity contribution in [3.8, 4) is 0 Å². The largest absolute Gasteiger partial charge is 0.425 e. The van der Waals surface area contributed by atoms with Crippen LogP contribution >= 0.6 is 0 Å². The Morgan fingerprint density at radius 1 is 1.10 bits per heavy atom. The van der Waals surface area contributed by atoms with Crippen LogP contribution in [-0.4, -0.2) is 14.9 Å². The van der Waals surface area contributed by atoms with E-state index in [9.17, 15) is 13.2 Å². The lowest BCUT2D eigenvalue weighted by atomic mass is 9.97. The molecule has 0 saturated heterocycles. The van der Waals surface area contributed by atoms with Crippen LogP contribution in [0.15, 0.2) is 53.4 Å². The number of ether oxygens (including phenoxy) is 1. The minimum Gasteiger partial charge on any atom is -0.425 e. The van der Waals surface area contributed by atoms with Crippen molar-refractivity contribution in [2.24, 2.45) is 0 Å². The molecule has 0 aromatic heterocycles. The van der Waals surface area contributed by atoms with Crippen LogP contribution < -0.4 is 0 Å². The monoisotopic (exact) mass is 287 g/mol. The van der Waals surface area contributed by atoms with Crippen LogP contribution in [0.3, 0.4) is 0 Å². The highest BCUT2D eigenvalue weighted by Gasteiger charge is 2.61. The Hall–Kier alpha value is -2.14. The molecule has 1 aliphatic rings. The quantitative estimate of drug-likeness (QED) is 0.867. The molecule has 5 heteroatoms. The second-order valence-corrected chi connectivity index (χ2v) is 6.69. The zero-order valence-electron chi connectivity index (χ0n) is 10.7. The van der Waals surface area contributed by atoms with E-state index in [-0.39, 0.29) is 4.90 Å². The first kappa shape index (κ1) is 12.9. The van der Waals surface area contributed by atoms with Gasteiger partial charge < -0.3 is 4.74 Å². The van der Waals surface area contributed by atoms with Crippen LogP contribution in [0.5, 0.6) is 0 Å². The second kappa shape index (κ2) is 4.18. The fourth-order valence-electron chi connectivity index (χ4n) is 2.58. The fraction of sp³-hybridized carbons (Fsp3) is 0.133. The summed E-state index contributed by atoms with van der Waals surface area (Å²) in [5, 5.41) is 0. The van der Waals surface area contributed by atoms with Gasteiger partial charge in [0.2, 0.25) is 9.84 Å². The molecule has 0 N–H and O–H groups in total. The average Bonchev–Trinajstić information content (AvgIpc) is 2.45. The van der Waals surface area contributed by atoms with Crippen molar-refractivity contribution in [3.05, 3.63) is 65.2 Å². The third-order valence-corrected chi connectivity index (χ3v) is 5.73. The number of rotatable bonds is 3. The first-order valence-electron chi connectivity index (χ1n) is 6.00. The maximum Gasteiger partial charge on any atom is 0.419 e. The third kappa shape index (κ3) is 1.41. The predicted octanol–water partition coefficient (Wildman–Crippen LogP) is 2.07. The van der Waals surface area contributed by atoms with Crippen molar-refractivity contribution in [1.82, 2.24) is 0 Å². The first-order valence-corrected chi connectivity index (χ1v) is 7.49. The van der Waals surface area contributed by atoms with E-state index in [1.54, 1.807) is 42.5 Å². The molecule has 4 nitrogen and oxygen atoms in total. The number of benzene rings is 2. The molecule has 0 fully saturated rings. The van der Waals surface area contributed by atoms with Crippen molar-refractivity contribution < 1.29 is 17.9 Å². The summed E-state index contributed by atoms with van der Waals surface area (Å²) in [5.41, 5.74) is 1.78. The smallest absolute Gasteiger partial charge is 0.419 e. The van der Waals surface area contributed by atoms with Crippen molar-refractivity contribution in [2.45, 2.75) is 16.8 Å². The number of fused-ring (bicyclic) bond motifs is 1. The topological polar surface area (TPSA) is 60.4 Å². The van der Waals surface area contributed by atoms with Crippen LogP contribution in [0.2, 0.25) is 0 Å². The summed E-state index contributed by atoms with van der Waals surface area (Å²) >= 11 is 0. The van der Waals surface area contributed by atoms with E-state index >= 15 is 0 Å². The van der Waals surface area contributed by atoms with Gasteiger partial charge in [-0.1, -0.05) is 42.0 Å². The Morgan fingerprint density at radius 2 is 1.80 bits per heavy atom. The summed E-state index contributed by atoms with van der Waals surface area (Å²) in [6.45, 7) is 3.15. The maximum absolute atomic E-state index is 12.6. The minimum absolute atomic E-state index is 0.196. The molecule has 0 spiro atoms. The summed E-state index contributed by atoms with van der Waals surface area (Å²) in [7, 11) is -3.76. The summed E-state index contributed by atoms with van der Waals surface area (Å²) in [6.07, 6.45) is 0. The van der Waals surface area contributed by atoms with Gasteiger partial charge in [-0.2, -0.15) is 0 Å². The van der Waals surface area contributed by atoms with Gasteiger partial charge in [-0.05, 0) is 19.1 Å². The Balaban J connectivity index is 2.35. The molecule has 2 aromatic rings. The lowest BCUT2D eigenvalue weighted by molar-refractivity contribution is 0.154. The van der Waals surface area contributed by atoms with Crippen LogP contribution in [0.1, 0.15) is 16.7 Å². The zero-order valence-corrected chi connectivity index (χ0v) is 11.5. The van der Waals surface area contributed by atoms with Gasteiger partial charge in [0.1, 0.15) is 0 Å². The molecule has 0 bridgehead atoms. The Morgan fingerprint density at radius 3 is 2.45 bits per heavy atom. The van der Waals surface area contributed by atoms with Crippen molar-refractivity contribution in [1.29, 1.82) is 0 Å². The molecule has 2 aromatic carbocycles. The van der Waals surface area contributed by atoms with Gasteiger partial charge in [0, 0.05) is 11.1 Å². The first-order chi connectivity index (χ1) is 9.54. The minimum atomic E-state index is -3.76. The van der Waals surface area contributed by atoms with Gasteiger partial charge >= 0.3 is 6.47 Å². The molecule has 0 aliphatic carbocycles. The molecular formula is C15H11O4S. The van der Waals surface area contributed by atoms with Crippen molar-refractivity contribution in [2.75, 3.05) is 0 Å². The van der Waals surface area contributed by atoms with Gasteiger partial charge in [0.15, 0.2) is 0 Å². The summed E-state index contributed by atoms with van der Waals surface area (Å²) in [6, 6.07) is 13.4. The summed E-state index contributed by atoms with van der Waals surface area (Å²) < 4.78 is 30.1. The normalized spacial score (nSPS) is 22.4. The second-order valence-electron chi connectivity index (χ2n) is 4.67. The summed E-state index contributed by atoms with van der Waals surface area (Å²) in [5.74, 6) is 0. The van der Waals surface area contributed by atoms with Crippen LogP contribution in [-0.2, 0) is 24.3 Å². The van der Waals surface area contributed by atoms with E-state index in [1.165, 1.54) is 12.5 Å². The van der Waals surface area contributed by atoms with E-state index in [0.29, 0.717) is 11.1 Å². The zero-order chi connectivity index (χ0) is 14.4. The maximum atomic E-state index is 12.6. The van der Waals surface area contributed by atoms with Gasteiger partial charge in [-0.25, -0.2) is 13.2 Å². The van der Waals surface area contributed by atoms with Crippen molar-refractivity contribution in [3.63, 3.8) is 0 Å². The molecule has 0 amide bonds. The highest BCUT2D eigenvalue weighted by molar-refractivity contribution is 7.94. The molecule has 1 radical (unpaired) electrons. The van der Waals surface area contributed by atoms with E-state index in [2.05, 4.69) is 0 Å². The SMILES string of the molecule is Cc1ccc2c(c1)C(O[C]=O)(c1ccccc1)S2(=O)=O. The number of hydrogen-bond acceptors (Lipinski definition) is 4. The Bertz CT molecular complexity index is 781. The van der Waals surface area contributed by atoms with E-state index in [1.807, 2.05) is 6.92 Å².